The van der Waals surface area contributed by atoms with Crippen molar-refractivity contribution in [3.05, 3.63) is 94.2 Å². The van der Waals surface area contributed by atoms with Gasteiger partial charge in [-0.25, -0.2) is 9.67 Å². The summed E-state index contributed by atoms with van der Waals surface area (Å²) in [4.78, 5) is 68.0. The topological polar surface area (TPSA) is 149 Å². The highest BCUT2D eigenvalue weighted by Gasteiger charge is 2.46. The highest BCUT2D eigenvalue weighted by atomic mass is 16.2. The van der Waals surface area contributed by atoms with Crippen LogP contribution in [0.5, 0.6) is 0 Å². The number of para-hydroxylation sites is 1. The molecule has 2 N–H and O–H groups in total. The number of hydrogen-bond acceptors (Lipinski definition) is 11. The lowest BCUT2D eigenvalue weighted by Gasteiger charge is -2.37. The average Bonchev–Trinajstić information content (AvgIpc) is 3.65. The van der Waals surface area contributed by atoms with E-state index in [0.717, 1.165) is 107 Å². The lowest BCUT2D eigenvalue weighted by atomic mass is 9.93. The second-order valence-corrected chi connectivity index (χ2v) is 15.9. The van der Waals surface area contributed by atoms with E-state index >= 15 is 0 Å². The first kappa shape index (κ1) is 36.5. The standard InChI is InChI=1S/C43H46N10O4/c1-25-6-5-7-26(2)37(25)46-38-34-22-44-43(47-39(34)50(4)48-38)45-30-9-8-28-16-17-51(24-29(28)20-30)23-27-14-18-52(19-15-27)31-10-11-32-33(21-31)41(56)53(40(32)55)35-12-13-36(54)49(3)42(35)57/h5-11,20-22,27,35H,12-19,23-24H2,1-4H3,(H,46,48)(H,44,45,47). The number of aromatic nitrogens is 4. The molecule has 9 rings (SSSR count). The van der Waals surface area contributed by atoms with Gasteiger partial charge in [0.1, 0.15) is 6.04 Å². The van der Waals surface area contributed by atoms with Crippen LogP contribution in [0.1, 0.15) is 68.7 Å². The van der Waals surface area contributed by atoms with E-state index < -0.39 is 23.8 Å². The zero-order valence-electron chi connectivity index (χ0n) is 32.7. The minimum Gasteiger partial charge on any atom is -0.371 e. The number of carbonyl (C=O) groups excluding carboxylic acids is 4. The first-order valence-corrected chi connectivity index (χ1v) is 19.7. The molecule has 3 aromatic carbocycles. The molecule has 14 nitrogen and oxygen atoms in total. The average molecular weight is 767 g/mol. The smallest absolute Gasteiger partial charge is 0.262 e. The predicted molar refractivity (Wildman–Crippen MR) is 217 cm³/mol. The molecular weight excluding hydrogens is 721 g/mol. The van der Waals surface area contributed by atoms with Crippen LogP contribution in [0.4, 0.5) is 28.8 Å². The molecule has 5 aromatic rings. The highest BCUT2D eigenvalue weighted by Crippen LogP contribution is 2.34. The molecular formula is C43H46N10O4. The zero-order chi connectivity index (χ0) is 39.5. The molecule has 0 aliphatic carbocycles. The van der Waals surface area contributed by atoms with Crippen molar-refractivity contribution in [2.24, 2.45) is 13.0 Å². The summed E-state index contributed by atoms with van der Waals surface area (Å²) in [5.41, 5.74) is 9.25. The second kappa shape index (κ2) is 14.4. The Bertz CT molecular complexity index is 2450. The van der Waals surface area contributed by atoms with Gasteiger partial charge >= 0.3 is 0 Å². The number of imide groups is 2. The molecule has 292 valence electrons. The van der Waals surface area contributed by atoms with Gasteiger partial charge in [0.25, 0.3) is 17.7 Å². The van der Waals surface area contributed by atoms with Crippen molar-refractivity contribution in [3.63, 3.8) is 0 Å². The SMILES string of the molecule is Cc1cccc(C)c1Nc1nn(C)c2nc(Nc3ccc4c(c3)CN(CC3CCN(c5ccc6c(c5)C(=O)N(C5CCC(=O)N(C)C5=O)C6=O)CC3)CC4)ncc12. The van der Waals surface area contributed by atoms with Crippen molar-refractivity contribution < 1.29 is 19.2 Å². The monoisotopic (exact) mass is 766 g/mol. The predicted octanol–water partition coefficient (Wildman–Crippen LogP) is 5.49. The molecule has 0 radical (unpaired) electrons. The van der Waals surface area contributed by atoms with Gasteiger partial charge in [-0.3, -0.25) is 33.9 Å². The van der Waals surface area contributed by atoms with E-state index in [1.807, 2.05) is 19.3 Å². The summed E-state index contributed by atoms with van der Waals surface area (Å²) in [6.07, 6.45) is 5.14. The third kappa shape index (κ3) is 6.67. The molecule has 4 aliphatic rings. The van der Waals surface area contributed by atoms with Gasteiger partial charge in [-0.15, -0.1) is 0 Å². The van der Waals surface area contributed by atoms with Crippen molar-refractivity contribution in [1.82, 2.24) is 34.4 Å². The Morgan fingerprint density at radius 2 is 1.58 bits per heavy atom. The first-order chi connectivity index (χ1) is 27.5. The quantitative estimate of drug-likeness (QED) is 0.193. The molecule has 14 heteroatoms. The number of aryl methyl sites for hydroxylation is 3. The van der Waals surface area contributed by atoms with Gasteiger partial charge in [0.15, 0.2) is 11.5 Å². The number of likely N-dealkylation sites (tertiary alicyclic amines) is 1. The maximum Gasteiger partial charge on any atom is 0.262 e. The molecule has 57 heavy (non-hydrogen) atoms. The summed E-state index contributed by atoms with van der Waals surface area (Å²) in [6, 6.07) is 17.2. The maximum absolute atomic E-state index is 13.5. The van der Waals surface area contributed by atoms with Crippen LogP contribution in [0, 0.1) is 19.8 Å². The molecule has 0 spiro atoms. The Kier molecular flexibility index (Phi) is 9.23. The van der Waals surface area contributed by atoms with Crippen LogP contribution in [0.3, 0.4) is 0 Å². The first-order valence-electron chi connectivity index (χ1n) is 19.7. The summed E-state index contributed by atoms with van der Waals surface area (Å²) in [5, 5.41) is 12.5. The van der Waals surface area contributed by atoms with Crippen molar-refractivity contribution in [3.8, 4) is 0 Å². The van der Waals surface area contributed by atoms with Crippen LogP contribution in [-0.2, 0) is 29.6 Å². The van der Waals surface area contributed by atoms with Crippen molar-refractivity contribution in [2.75, 3.05) is 48.8 Å². The number of anilines is 5. The number of likely N-dealkylation sites (N-methyl/N-ethyl adjacent to an activating group) is 1. The van der Waals surface area contributed by atoms with Gasteiger partial charge in [0.2, 0.25) is 11.9 Å². The van der Waals surface area contributed by atoms with Crippen LogP contribution in [0.15, 0.2) is 60.8 Å². The third-order valence-corrected chi connectivity index (χ3v) is 12.2. The molecule has 0 bridgehead atoms. The molecule has 6 heterocycles. The molecule has 0 saturated carbocycles. The summed E-state index contributed by atoms with van der Waals surface area (Å²) < 4.78 is 1.78. The number of amides is 4. The fraction of sp³-hybridized carbons (Fsp3) is 0.372. The Labute approximate surface area is 330 Å². The van der Waals surface area contributed by atoms with E-state index in [2.05, 4.69) is 75.7 Å². The number of carbonyl (C=O) groups is 4. The van der Waals surface area contributed by atoms with Gasteiger partial charge in [0.05, 0.1) is 16.5 Å². The van der Waals surface area contributed by atoms with Gasteiger partial charge in [0, 0.05) is 76.5 Å². The molecule has 4 aliphatic heterocycles. The summed E-state index contributed by atoms with van der Waals surface area (Å²) in [6.45, 7) is 8.78. The number of hydrogen-bond donors (Lipinski definition) is 2. The van der Waals surface area contributed by atoms with E-state index in [1.165, 1.54) is 18.2 Å². The molecule has 1 unspecified atom stereocenters. The van der Waals surface area contributed by atoms with Gasteiger partial charge in [-0.1, -0.05) is 24.3 Å². The summed E-state index contributed by atoms with van der Waals surface area (Å²) >= 11 is 0. The van der Waals surface area contributed by atoms with Crippen molar-refractivity contribution in [2.45, 2.75) is 58.5 Å². The van der Waals surface area contributed by atoms with Crippen LogP contribution >= 0.6 is 0 Å². The largest absolute Gasteiger partial charge is 0.371 e. The van der Waals surface area contributed by atoms with E-state index in [4.69, 9.17) is 10.1 Å². The van der Waals surface area contributed by atoms with E-state index in [0.29, 0.717) is 23.0 Å². The van der Waals surface area contributed by atoms with Crippen LogP contribution < -0.4 is 15.5 Å². The van der Waals surface area contributed by atoms with Crippen molar-refractivity contribution in [1.29, 1.82) is 0 Å². The molecule has 2 saturated heterocycles. The Morgan fingerprint density at radius 1 is 0.807 bits per heavy atom. The van der Waals surface area contributed by atoms with Gasteiger partial charge in [-0.2, -0.15) is 10.1 Å². The molecule has 1 atom stereocenters. The van der Waals surface area contributed by atoms with Crippen molar-refractivity contribution >= 4 is 63.5 Å². The number of rotatable bonds is 8. The molecule has 4 amide bonds. The number of piperidine rings is 2. The lowest BCUT2D eigenvalue weighted by molar-refractivity contribution is -0.149. The second-order valence-electron chi connectivity index (χ2n) is 15.9. The van der Waals surface area contributed by atoms with Gasteiger partial charge < -0.3 is 15.5 Å². The van der Waals surface area contributed by atoms with Crippen LogP contribution in [-0.4, -0.2) is 97.3 Å². The maximum atomic E-state index is 13.5. The fourth-order valence-corrected chi connectivity index (χ4v) is 8.90. The number of fused-ring (bicyclic) bond motifs is 3. The Morgan fingerprint density at radius 3 is 2.37 bits per heavy atom. The van der Waals surface area contributed by atoms with Gasteiger partial charge in [-0.05, 0) is 98.0 Å². The molecule has 2 fully saturated rings. The minimum absolute atomic E-state index is 0.122. The number of benzene rings is 3. The number of nitrogens with zero attached hydrogens (tertiary/aromatic N) is 8. The highest BCUT2D eigenvalue weighted by molar-refractivity contribution is 6.23. The van der Waals surface area contributed by atoms with Crippen LogP contribution in [0.2, 0.25) is 0 Å². The normalized spacial score (nSPS) is 19.1. The summed E-state index contributed by atoms with van der Waals surface area (Å²) in [7, 11) is 3.30. The zero-order valence-corrected chi connectivity index (χ0v) is 32.7. The Balaban J connectivity index is 0.811. The third-order valence-electron chi connectivity index (χ3n) is 12.2. The van der Waals surface area contributed by atoms with E-state index in [1.54, 1.807) is 16.8 Å². The lowest BCUT2D eigenvalue weighted by Crippen LogP contribution is -2.54. The number of nitrogens with one attached hydrogen (secondary N) is 2. The Hall–Kier alpha value is -6.15. The van der Waals surface area contributed by atoms with Crippen LogP contribution in [0.25, 0.3) is 11.0 Å². The minimum atomic E-state index is -0.952. The molecule has 2 aromatic heterocycles. The van der Waals surface area contributed by atoms with E-state index in [-0.39, 0.29) is 18.7 Å². The fourth-order valence-electron chi connectivity index (χ4n) is 8.90. The summed E-state index contributed by atoms with van der Waals surface area (Å²) in [5.74, 6) is 0.0463. The van der Waals surface area contributed by atoms with E-state index in [9.17, 15) is 19.2 Å².